The van der Waals surface area contributed by atoms with Crippen LogP contribution in [0.3, 0.4) is 0 Å². The number of esters is 1. The maximum Gasteiger partial charge on any atom is 0.406 e. The topological polar surface area (TPSA) is 140 Å². The van der Waals surface area contributed by atoms with Gasteiger partial charge in [-0.2, -0.15) is 13.2 Å². The summed E-state index contributed by atoms with van der Waals surface area (Å²) in [4.78, 5) is 58.7. The van der Waals surface area contributed by atoms with E-state index in [2.05, 4.69) is 41.7 Å². The highest BCUT2D eigenvalue weighted by molar-refractivity contribution is 5.95. The summed E-state index contributed by atoms with van der Waals surface area (Å²) < 4.78 is 59.1. The fourth-order valence-corrected chi connectivity index (χ4v) is 13.9. The summed E-state index contributed by atoms with van der Waals surface area (Å²) in [5, 5.41) is 9.12. The monoisotopic (exact) mass is 1040 g/mol. The Bertz CT molecular complexity index is 2630. The molecular weight excluding hydrogens is 962 g/mol. The van der Waals surface area contributed by atoms with E-state index in [-0.39, 0.29) is 48.8 Å². The van der Waals surface area contributed by atoms with Crippen LogP contribution in [0.15, 0.2) is 36.5 Å². The number of rotatable bonds is 10. The molecule has 15 nitrogen and oxygen atoms in total. The fraction of sp³-hybridized carbons (Fsp3) is 0.684. The summed E-state index contributed by atoms with van der Waals surface area (Å²) in [6.07, 6.45) is 9.64. The van der Waals surface area contributed by atoms with Gasteiger partial charge in [0.1, 0.15) is 18.6 Å². The van der Waals surface area contributed by atoms with Gasteiger partial charge in [0.2, 0.25) is 5.91 Å². The molecule has 6 atom stereocenters. The molecule has 2 amide bonds. The van der Waals surface area contributed by atoms with E-state index < -0.39 is 42.3 Å². The number of pyridine rings is 1. The van der Waals surface area contributed by atoms with Gasteiger partial charge in [0, 0.05) is 100 Å². The van der Waals surface area contributed by atoms with Crippen LogP contribution in [0.2, 0.25) is 0 Å². The van der Waals surface area contributed by atoms with Gasteiger partial charge >= 0.3 is 12.1 Å². The van der Waals surface area contributed by atoms with Gasteiger partial charge in [-0.3, -0.25) is 39.1 Å². The minimum Gasteiger partial charge on any atom is -0.464 e. The first kappa shape index (κ1) is 52.5. The van der Waals surface area contributed by atoms with Crippen molar-refractivity contribution in [3.05, 3.63) is 53.4 Å². The predicted molar refractivity (Wildman–Crippen MR) is 283 cm³/mol. The number of carbonyl (C=O) groups is 3. The van der Waals surface area contributed by atoms with Crippen molar-refractivity contribution in [2.45, 2.75) is 141 Å². The second-order valence-electron chi connectivity index (χ2n) is 24.2. The van der Waals surface area contributed by atoms with Gasteiger partial charge in [0.25, 0.3) is 5.91 Å². The van der Waals surface area contributed by atoms with E-state index in [0.717, 1.165) is 108 Å². The number of fused-ring (bicyclic) bond motifs is 6. The number of carbonyl (C=O) groups excluding carboxylic acids is 3. The molecule has 1 spiro atoms. The molecule has 75 heavy (non-hydrogen) atoms. The Kier molecular flexibility index (Phi) is 14.9. The summed E-state index contributed by atoms with van der Waals surface area (Å²) in [5.74, 6) is -0.687. The van der Waals surface area contributed by atoms with Crippen LogP contribution in [-0.2, 0) is 36.8 Å². The molecule has 6 fully saturated rings. The quantitative estimate of drug-likeness (QED) is 0.187. The van der Waals surface area contributed by atoms with Crippen LogP contribution in [0.1, 0.15) is 114 Å². The maximum absolute atomic E-state index is 15.2. The molecule has 11 rings (SSSR count). The summed E-state index contributed by atoms with van der Waals surface area (Å²) in [6.45, 7) is 13.4. The molecule has 8 aliphatic rings. The standard InChI is InChI=1S/C57H79F3N10O5/c1-37(74-4)49-44(28-42(30-62-49)67-25-23-66(24-26-67)41-14-15-41)51-45-29-55(2,3)36-75-54(73)46-12-8-21-70(64-46)53(72)47(63-52(71)50(38-9-5-6-10-38)68-22-18-56(34-68)17-19-61-33-56)32-65-20-7-11-40(31-65)39-13-16-48(43(45)27-39)69(51)35-57(58,59)60/h11,13,16,27-28,30,37-38,41,46-47,50,61,64H,5-10,12,14-15,17-26,29,31-36H2,1-4H3,(H,63,71)/t37-,46-,47-,50-,56-/m0/s1. The molecule has 1 unspecified atom stereocenters. The molecule has 4 saturated heterocycles. The van der Waals surface area contributed by atoms with Gasteiger partial charge in [-0.1, -0.05) is 38.8 Å². The predicted octanol–water partition coefficient (Wildman–Crippen LogP) is 6.70. The first-order chi connectivity index (χ1) is 36.0. The van der Waals surface area contributed by atoms with E-state index in [4.69, 9.17) is 14.5 Å². The van der Waals surface area contributed by atoms with Crippen LogP contribution in [0.4, 0.5) is 18.9 Å². The van der Waals surface area contributed by atoms with Crippen molar-refractivity contribution in [2.24, 2.45) is 16.7 Å². The van der Waals surface area contributed by atoms with E-state index in [1.807, 2.05) is 51.2 Å². The summed E-state index contributed by atoms with van der Waals surface area (Å²) >= 11 is 0. The minimum absolute atomic E-state index is 0.0247. The molecular formula is C57H79F3N10O5. The molecule has 2 aromatic heterocycles. The zero-order chi connectivity index (χ0) is 52.2. The van der Waals surface area contributed by atoms with E-state index in [1.54, 1.807) is 7.11 Å². The van der Waals surface area contributed by atoms with Gasteiger partial charge < -0.3 is 29.6 Å². The molecule has 6 aliphatic heterocycles. The third kappa shape index (κ3) is 11.3. The average Bonchev–Trinajstić information content (AvgIpc) is 3.66. The number of halogens is 3. The van der Waals surface area contributed by atoms with Crippen LogP contribution in [0.25, 0.3) is 27.7 Å². The Morgan fingerprint density at radius 2 is 1.79 bits per heavy atom. The van der Waals surface area contributed by atoms with Gasteiger partial charge in [-0.05, 0) is 130 Å². The molecule has 6 bridgehead atoms. The smallest absolute Gasteiger partial charge is 0.406 e. The van der Waals surface area contributed by atoms with Crippen LogP contribution in [-0.4, -0.2) is 170 Å². The lowest BCUT2D eigenvalue weighted by Crippen LogP contribution is -2.63. The maximum atomic E-state index is 15.2. The summed E-state index contributed by atoms with van der Waals surface area (Å²) in [7, 11) is 1.59. The largest absolute Gasteiger partial charge is 0.464 e. The molecule has 3 N–H and O–H groups in total. The number of anilines is 1. The zero-order valence-corrected chi connectivity index (χ0v) is 44.6. The first-order valence-electron chi connectivity index (χ1n) is 28.2. The number of hydrogen-bond acceptors (Lipinski definition) is 12. The van der Waals surface area contributed by atoms with Crippen molar-refractivity contribution >= 4 is 39.9 Å². The van der Waals surface area contributed by atoms with Crippen LogP contribution < -0.4 is 21.0 Å². The van der Waals surface area contributed by atoms with E-state index in [9.17, 15) is 9.59 Å². The number of hydrazine groups is 1. The Morgan fingerprint density at radius 3 is 2.52 bits per heavy atom. The molecule has 8 heterocycles. The van der Waals surface area contributed by atoms with E-state index in [1.165, 1.54) is 22.4 Å². The van der Waals surface area contributed by atoms with E-state index >= 15 is 18.0 Å². The van der Waals surface area contributed by atoms with Gasteiger partial charge in [-0.25, -0.2) is 5.43 Å². The molecule has 408 valence electrons. The number of alkyl halides is 3. The van der Waals surface area contributed by atoms with Crippen LogP contribution >= 0.6 is 0 Å². The first-order valence-corrected chi connectivity index (χ1v) is 28.2. The highest BCUT2D eigenvalue weighted by atomic mass is 19.4. The Labute approximate surface area is 440 Å². The van der Waals surface area contributed by atoms with Gasteiger partial charge in [0.15, 0.2) is 0 Å². The number of methoxy groups -OCH3 is 1. The number of nitrogens with zero attached hydrogens (tertiary/aromatic N) is 7. The van der Waals surface area contributed by atoms with Crippen molar-refractivity contribution in [3.63, 3.8) is 0 Å². The Balaban J connectivity index is 0.979. The SMILES string of the molecule is CO[C@@H](C)c1ncc(N2CCN(C3CC3)CC2)cc1-c1c2c3cc(ccc3n1CC(F)(F)F)C1=CCCN(C1)C[C@H](NC(=O)[C@H](C1CCCC1)N1CC[C@]3(CCNC3)C1)C(=O)N1CCC[C@H](N1)C(=O)OCC(C)(C)C2. The molecule has 2 saturated carbocycles. The lowest BCUT2D eigenvalue weighted by Gasteiger charge is -2.39. The molecule has 0 radical (unpaired) electrons. The Morgan fingerprint density at radius 1 is 0.987 bits per heavy atom. The van der Waals surface area contributed by atoms with Crippen LogP contribution in [0, 0.1) is 16.7 Å². The van der Waals surface area contributed by atoms with Gasteiger partial charge in [-0.15, -0.1) is 0 Å². The number of likely N-dealkylation sites (tertiary alicyclic amines) is 1. The number of cyclic esters (lactones) is 1. The normalized spacial score (nSPS) is 28.4. The average molecular weight is 1040 g/mol. The molecule has 3 aromatic rings. The highest BCUT2D eigenvalue weighted by Crippen LogP contribution is 2.45. The number of nitrogens with one attached hydrogen (secondary N) is 3. The third-order valence-corrected chi connectivity index (χ3v) is 18.1. The lowest BCUT2D eigenvalue weighted by molar-refractivity contribution is -0.155. The van der Waals surface area contributed by atoms with Crippen molar-refractivity contribution in [3.8, 4) is 11.3 Å². The fourth-order valence-electron chi connectivity index (χ4n) is 13.9. The second kappa shape index (κ2) is 21.3. The third-order valence-electron chi connectivity index (χ3n) is 18.1. The molecule has 2 aliphatic carbocycles. The Hall–Kier alpha value is -4.59. The van der Waals surface area contributed by atoms with E-state index in [0.29, 0.717) is 78.4 Å². The number of ether oxygens (including phenoxy) is 2. The van der Waals surface area contributed by atoms with Crippen molar-refractivity contribution in [1.82, 2.24) is 45.3 Å². The van der Waals surface area contributed by atoms with Gasteiger partial charge in [0.05, 0.1) is 42.0 Å². The minimum atomic E-state index is -4.57. The second-order valence-corrected chi connectivity index (χ2v) is 24.2. The molecule has 1 aromatic carbocycles. The number of hydrogen-bond donors (Lipinski definition) is 3. The molecule has 18 heteroatoms. The number of amides is 2. The van der Waals surface area contributed by atoms with Crippen LogP contribution in [0.5, 0.6) is 0 Å². The number of piperazine rings is 1. The lowest BCUT2D eigenvalue weighted by atomic mass is 9.84. The zero-order valence-electron chi connectivity index (χ0n) is 44.6. The van der Waals surface area contributed by atoms with Crippen molar-refractivity contribution < 1.29 is 37.0 Å². The summed E-state index contributed by atoms with van der Waals surface area (Å²) in [5.41, 5.74) is 8.09. The summed E-state index contributed by atoms with van der Waals surface area (Å²) in [6, 6.07) is 6.39. The van der Waals surface area contributed by atoms with Crippen molar-refractivity contribution in [1.29, 1.82) is 0 Å². The highest BCUT2D eigenvalue weighted by Gasteiger charge is 2.47. The van der Waals surface area contributed by atoms with Crippen molar-refractivity contribution in [2.75, 3.05) is 97.2 Å². The number of benzene rings is 1. The number of aromatic nitrogens is 2.